The Balaban J connectivity index is 1.73. The maximum atomic E-state index is 12.1. The van der Waals surface area contributed by atoms with E-state index in [0.717, 1.165) is 16.7 Å². The summed E-state index contributed by atoms with van der Waals surface area (Å²) in [7, 11) is 0. The molecule has 0 bridgehead atoms. The third kappa shape index (κ3) is 5.34. The summed E-state index contributed by atoms with van der Waals surface area (Å²) in [4.78, 5) is 28.9. The summed E-state index contributed by atoms with van der Waals surface area (Å²) in [5.74, 6) is -0.329. The lowest BCUT2D eigenvalue weighted by molar-refractivity contribution is -0.134. The summed E-state index contributed by atoms with van der Waals surface area (Å²) >= 11 is 0. The van der Waals surface area contributed by atoms with Crippen molar-refractivity contribution < 1.29 is 14.4 Å². The van der Waals surface area contributed by atoms with Crippen molar-refractivity contribution >= 4 is 11.7 Å². The topological polar surface area (TPSA) is 55.4 Å². The van der Waals surface area contributed by atoms with Crippen LogP contribution in [-0.4, -0.2) is 11.7 Å². The normalized spacial score (nSPS) is 10.3. The first-order chi connectivity index (χ1) is 11.1. The number of rotatable bonds is 7. The SMILES string of the molecule is Cc1ccc(C(=O)CCC(=O)NOCc2ccccc2)cc1C. The van der Waals surface area contributed by atoms with Crippen LogP contribution in [0.25, 0.3) is 0 Å². The van der Waals surface area contributed by atoms with Crippen LogP contribution in [0.15, 0.2) is 48.5 Å². The second-order valence-electron chi connectivity index (χ2n) is 5.52. The molecule has 0 unspecified atom stereocenters. The van der Waals surface area contributed by atoms with E-state index in [-0.39, 0.29) is 24.5 Å². The van der Waals surface area contributed by atoms with Crippen molar-refractivity contribution in [1.82, 2.24) is 5.48 Å². The van der Waals surface area contributed by atoms with Crippen LogP contribution in [0.1, 0.15) is 39.9 Å². The molecule has 0 radical (unpaired) electrons. The number of hydrogen-bond acceptors (Lipinski definition) is 3. The molecule has 1 N–H and O–H groups in total. The lowest BCUT2D eigenvalue weighted by Crippen LogP contribution is -2.24. The lowest BCUT2D eigenvalue weighted by atomic mass is 10.0. The van der Waals surface area contributed by atoms with E-state index >= 15 is 0 Å². The van der Waals surface area contributed by atoms with Gasteiger partial charge in [-0.3, -0.25) is 14.4 Å². The van der Waals surface area contributed by atoms with Crippen molar-refractivity contribution in [2.45, 2.75) is 33.3 Å². The lowest BCUT2D eigenvalue weighted by Gasteiger charge is -2.07. The Kier molecular flexibility index (Phi) is 6.06. The average Bonchev–Trinajstić information content (AvgIpc) is 2.56. The fraction of sp³-hybridized carbons (Fsp3) is 0.263. The number of amides is 1. The highest BCUT2D eigenvalue weighted by molar-refractivity contribution is 5.98. The van der Waals surface area contributed by atoms with Gasteiger partial charge in [0.2, 0.25) is 5.91 Å². The summed E-state index contributed by atoms with van der Waals surface area (Å²) in [6.07, 6.45) is 0.281. The number of nitrogens with one attached hydrogen (secondary N) is 1. The molecule has 0 saturated heterocycles. The minimum atomic E-state index is -0.293. The molecule has 23 heavy (non-hydrogen) atoms. The second kappa shape index (κ2) is 8.25. The van der Waals surface area contributed by atoms with Gasteiger partial charge in [0.05, 0.1) is 6.61 Å². The van der Waals surface area contributed by atoms with Gasteiger partial charge in [0.15, 0.2) is 5.78 Å². The van der Waals surface area contributed by atoms with E-state index in [0.29, 0.717) is 12.2 Å². The smallest absolute Gasteiger partial charge is 0.243 e. The van der Waals surface area contributed by atoms with Crippen LogP contribution in [0.2, 0.25) is 0 Å². The number of hydroxylamine groups is 1. The number of ketones is 1. The quantitative estimate of drug-likeness (QED) is 0.629. The molecule has 2 aromatic rings. The molecule has 0 spiro atoms. The van der Waals surface area contributed by atoms with Crippen molar-refractivity contribution in [2.75, 3.05) is 0 Å². The summed E-state index contributed by atoms with van der Waals surface area (Å²) < 4.78 is 0. The van der Waals surface area contributed by atoms with Crippen LogP contribution < -0.4 is 5.48 Å². The molecule has 0 atom stereocenters. The summed E-state index contributed by atoms with van der Waals surface area (Å²) in [5, 5.41) is 0. The zero-order chi connectivity index (χ0) is 16.7. The number of aryl methyl sites for hydroxylation is 2. The standard InChI is InChI=1S/C19H21NO3/c1-14-8-9-17(12-15(14)2)18(21)10-11-19(22)20-23-13-16-6-4-3-5-7-16/h3-9,12H,10-11,13H2,1-2H3,(H,20,22). The fourth-order valence-corrected chi connectivity index (χ4v) is 2.11. The predicted octanol–water partition coefficient (Wildman–Crippen LogP) is 3.51. The van der Waals surface area contributed by atoms with Gasteiger partial charge in [0.1, 0.15) is 0 Å². The van der Waals surface area contributed by atoms with Gasteiger partial charge >= 0.3 is 0 Å². The summed E-state index contributed by atoms with van der Waals surface area (Å²) in [5.41, 5.74) is 6.21. The Morgan fingerprint density at radius 1 is 0.957 bits per heavy atom. The molecule has 0 aliphatic heterocycles. The van der Waals surface area contributed by atoms with Crippen molar-refractivity contribution in [3.63, 3.8) is 0 Å². The van der Waals surface area contributed by atoms with E-state index in [1.54, 1.807) is 6.07 Å². The molecular weight excluding hydrogens is 290 g/mol. The highest BCUT2D eigenvalue weighted by atomic mass is 16.6. The van der Waals surface area contributed by atoms with Gasteiger partial charge in [-0.15, -0.1) is 0 Å². The van der Waals surface area contributed by atoms with Crippen LogP contribution in [0.3, 0.4) is 0 Å². The molecule has 1 amide bonds. The number of carbonyl (C=O) groups excluding carboxylic acids is 2. The first-order valence-corrected chi connectivity index (χ1v) is 7.61. The van der Waals surface area contributed by atoms with E-state index < -0.39 is 0 Å². The van der Waals surface area contributed by atoms with Crippen molar-refractivity contribution in [1.29, 1.82) is 0 Å². The van der Waals surface area contributed by atoms with E-state index in [4.69, 9.17) is 4.84 Å². The first-order valence-electron chi connectivity index (χ1n) is 7.61. The Labute approximate surface area is 136 Å². The van der Waals surface area contributed by atoms with Gasteiger partial charge in [-0.2, -0.15) is 0 Å². The Hall–Kier alpha value is -2.46. The van der Waals surface area contributed by atoms with Crippen LogP contribution in [0, 0.1) is 13.8 Å². The van der Waals surface area contributed by atoms with Crippen molar-refractivity contribution in [3.8, 4) is 0 Å². The van der Waals surface area contributed by atoms with E-state index in [9.17, 15) is 9.59 Å². The molecule has 0 aliphatic carbocycles. The largest absolute Gasteiger partial charge is 0.294 e. The first kappa shape index (κ1) is 16.9. The van der Waals surface area contributed by atoms with Gasteiger partial charge in [-0.05, 0) is 36.6 Å². The molecular formula is C19H21NO3. The molecule has 2 aromatic carbocycles. The minimum absolute atomic E-state index is 0.0358. The van der Waals surface area contributed by atoms with Crippen molar-refractivity contribution in [2.24, 2.45) is 0 Å². The zero-order valence-electron chi connectivity index (χ0n) is 13.5. The molecule has 0 aliphatic rings. The zero-order valence-corrected chi connectivity index (χ0v) is 13.5. The number of hydrogen-bond donors (Lipinski definition) is 1. The number of Topliss-reactive ketones (excluding diaryl/α,β-unsaturated/α-hetero) is 1. The summed E-state index contributed by atoms with van der Waals surface area (Å²) in [6.45, 7) is 4.27. The van der Waals surface area contributed by atoms with Gasteiger partial charge < -0.3 is 0 Å². The predicted molar refractivity (Wildman–Crippen MR) is 88.9 cm³/mol. The van der Waals surface area contributed by atoms with Crippen LogP contribution in [-0.2, 0) is 16.2 Å². The molecule has 2 rings (SSSR count). The number of benzene rings is 2. The number of carbonyl (C=O) groups is 2. The van der Waals surface area contributed by atoms with E-state index in [1.807, 2.05) is 56.3 Å². The molecule has 120 valence electrons. The maximum Gasteiger partial charge on any atom is 0.243 e. The highest BCUT2D eigenvalue weighted by Crippen LogP contribution is 2.12. The highest BCUT2D eigenvalue weighted by Gasteiger charge is 2.10. The van der Waals surface area contributed by atoms with Gasteiger partial charge in [0, 0.05) is 18.4 Å². The molecule has 4 nitrogen and oxygen atoms in total. The van der Waals surface area contributed by atoms with Gasteiger partial charge in [0.25, 0.3) is 0 Å². The third-order valence-electron chi connectivity index (χ3n) is 3.68. The molecule has 4 heteroatoms. The van der Waals surface area contributed by atoms with E-state index in [2.05, 4.69) is 5.48 Å². The average molecular weight is 311 g/mol. The van der Waals surface area contributed by atoms with Crippen LogP contribution in [0.5, 0.6) is 0 Å². The third-order valence-corrected chi connectivity index (χ3v) is 3.68. The van der Waals surface area contributed by atoms with E-state index in [1.165, 1.54) is 0 Å². The van der Waals surface area contributed by atoms with Crippen molar-refractivity contribution in [3.05, 3.63) is 70.8 Å². The maximum absolute atomic E-state index is 12.1. The minimum Gasteiger partial charge on any atom is -0.294 e. The molecule has 0 heterocycles. The van der Waals surface area contributed by atoms with Gasteiger partial charge in [-0.25, -0.2) is 5.48 Å². The molecule has 0 saturated carbocycles. The van der Waals surface area contributed by atoms with Gasteiger partial charge in [-0.1, -0.05) is 42.5 Å². The fourth-order valence-electron chi connectivity index (χ4n) is 2.11. The molecule has 0 fully saturated rings. The molecule has 0 aromatic heterocycles. The Bertz CT molecular complexity index is 680. The van der Waals surface area contributed by atoms with Crippen LogP contribution in [0.4, 0.5) is 0 Å². The van der Waals surface area contributed by atoms with Crippen LogP contribution >= 0.6 is 0 Å². The monoisotopic (exact) mass is 311 g/mol. The Morgan fingerprint density at radius 3 is 2.39 bits per heavy atom. The second-order valence-corrected chi connectivity index (χ2v) is 5.52. The summed E-state index contributed by atoms with van der Waals surface area (Å²) in [6, 6.07) is 15.1. The Morgan fingerprint density at radius 2 is 1.70 bits per heavy atom.